The first-order chi connectivity index (χ1) is 9.15. The van der Waals surface area contributed by atoms with Crippen LogP contribution in [0.2, 0.25) is 0 Å². The highest BCUT2D eigenvalue weighted by molar-refractivity contribution is 5.48. The number of halogens is 2. The van der Waals surface area contributed by atoms with Crippen LogP contribution in [0.4, 0.5) is 14.5 Å². The summed E-state index contributed by atoms with van der Waals surface area (Å²) in [7, 11) is 1.84. The number of rotatable bonds is 3. The smallest absolute Gasteiger partial charge is 0.255 e. The predicted molar refractivity (Wildman–Crippen MR) is 67.9 cm³/mol. The molecule has 0 bridgehead atoms. The van der Waals surface area contributed by atoms with Crippen LogP contribution in [0.5, 0.6) is 0 Å². The summed E-state index contributed by atoms with van der Waals surface area (Å²) in [5.41, 5.74) is 1.85. The quantitative estimate of drug-likeness (QED) is 0.859. The molecule has 0 aliphatic rings. The maximum atomic E-state index is 12.1. The number of aryl methyl sites for hydroxylation is 1. The van der Waals surface area contributed by atoms with Gasteiger partial charge in [0.25, 0.3) is 6.43 Å². The minimum Gasteiger partial charge on any atom is -0.379 e. The maximum Gasteiger partial charge on any atom is 0.255 e. The van der Waals surface area contributed by atoms with Crippen molar-refractivity contribution in [3.05, 3.63) is 42.2 Å². The van der Waals surface area contributed by atoms with Crippen LogP contribution in [-0.2, 0) is 7.05 Å². The Kier molecular flexibility index (Phi) is 4.08. The Morgan fingerprint density at radius 1 is 1.42 bits per heavy atom. The zero-order valence-corrected chi connectivity index (χ0v) is 10.3. The van der Waals surface area contributed by atoms with Gasteiger partial charge in [-0.1, -0.05) is 0 Å². The van der Waals surface area contributed by atoms with Gasteiger partial charge >= 0.3 is 0 Å². The summed E-state index contributed by atoms with van der Waals surface area (Å²) in [5.74, 6) is 5.78. The lowest BCUT2D eigenvalue weighted by molar-refractivity contribution is 0.163. The number of alkyl halides is 2. The van der Waals surface area contributed by atoms with E-state index in [-0.39, 0.29) is 0 Å². The van der Waals surface area contributed by atoms with Gasteiger partial charge < -0.3 is 9.88 Å². The van der Waals surface area contributed by atoms with E-state index in [4.69, 9.17) is 0 Å². The van der Waals surface area contributed by atoms with Gasteiger partial charge in [-0.3, -0.25) is 0 Å². The molecular formula is C13H12F2N4. The Hall–Kier alpha value is -2.42. The number of pyridine rings is 1. The minimum atomic E-state index is -2.39. The molecule has 0 saturated heterocycles. The maximum absolute atomic E-state index is 12.1. The summed E-state index contributed by atoms with van der Waals surface area (Å²) >= 11 is 0. The Labute approximate surface area is 109 Å². The predicted octanol–water partition coefficient (Wildman–Crippen LogP) is 1.89. The van der Waals surface area contributed by atoms with Crippen LogP contribution in [0.1, 0.15) is 11.4 Å². The molecule has 2 aromatic rings. The number of aromatic nitrogens is 3. The molecule has 0 aromatic carbocycles. The highest BCUT2D eigenvalue weighted by Gasteiger charge is 2.01. The van der Waals surface area contributed by atoms with Crippen molar-refractivity contribution < 1.29 is 8.78 Å². The zero-order valence-electron chi connectivity index (χ0n) is 10.3. The normalized spacial score (nSPS) is 10.1. The van der Waals surface area contributed by atoms with Gasteiger partial charge in [0.1, 0.15) is 11.4 Å². The summed E-state index contributed by atoms with van der Waals surface area (Å²) in [4.78, 5) is 8.01. The van der Waals surface area contributed by atoms with E-state index in [2.05, 4.69) is 27.1 Å². The molecule has 0 radical (unpaired) electrons. The molecule has 1 N–H and O–H groups in total. The molecule has 0 unspecified atom stereocenters. The van der Waals surface area contributed by atoms with Crippen LogP contribution in [-0.4, -0.2) is 27.5 Å². The molecule has 0 atom stereocenters. The largest absolute Gasteiger partial charge is 0.379 e. The third-order valence-electron chi connectivity index (χ3n) is 2.36. The van der Waals surface area contributed by atoms with Gasteiger partial charge in [-0.05, 0) is 24.0 Å². The van der Waals surface area contributed by atoms with Gasteiger partial charge in [0.2, 0.25) is 0 Å². The molecule has 0 saturated carbocycles. The Balaban J connectivity index is 2.11. The van der Waals surface area contributed by atoms with E-state index in [1.165, 1.54) is 6.20 Å². The molecule has 0 spiro atoms. The zero-order chi connectivity index (χ0) is 13.7. The van der Waals surface area contributed by atoms with Crippen LogP contribution >= 0.6 is 0 Å². The van der Waals surface area contributed by atoms with Crippen LogP contribution in [0.3, 0.4) is 0 Å². The molecule has 0 aliphatic carbocycles. The number of nitrogens with one attached hydrogen (secondary N) is 1. The number of hydrogen-bond donors (Lipinski definition) is 1. The third-order valence-corrected chi connectivity index (χ3v) is 2.36. The van der Waals surface area contributed by atoms with E-state index in [1.807, 2.05) is 7.05 Å². The van der Waals surface area contributed by atoms with E-state index in [0.29, 0.717) is 11.4 Å². The number of imidazole rings is 1. The molecule has 0 amide bonds. The van der Waals surface area contributed by atoms with E-state index in [9.17, 15) is 8.78 Å². The van der Waals surface area contributed by atoms with Crippen molar-refractivity contribution in [1.29, 1.82) is 0 Å². The summed E-state index contributed by atoms with van der Waals surface area (Å²) < 4.78 is 26.0. The standard InChI is InChI=1S/C13H12F2N4/c1-19-9-16-7-12(19)3-2-10-6-11(4-5-17-10)18-8-13(14)15/h4-7,9,13H,8H2,1H3,(H,17,18). The van der Waals surface area contributed by atoms with Crippen LogP contribution in [0.25, 0.3) is 0 Å². The molecule has 4 nitrogen and oxygen atoms in total. The van der Waals surface area contributed by atoms with Gasteiger partial charge in [-0.15, -0.1) is 0 Å². The second-order valence-corrected chi connectivity index (χ2v) is 3.84. The molecular weight excluding hydrogens is 250 g/mol. The molecule has 19 heavy (non-hydrogen) atoms. The van der Waals surface area contributed by atoms with Gasteiger partial charge in [0.15, 0.2) is 0 Å². The minimum absolute atomic E-state index is 0.390. The first-order valence-electron chi connectivity index (χ1n) is 5.61. The monoisotopic (exact) mass is 262 g/mol. The lowest BCUT2D eigenvalue weighted by Gasteiger charge is -2.04. The first kappa shape index (κ1) is 13.0. The summed E-state index contributed by atoms with van der Waals surface area (Å²) in [6, 6.07) is 3.25. The number of nitrogens with zero attached hydrogens (tertiary/aromatic N) is 3. The van der Waals surface area contributed by atoms with E-state index < -0.39 is 13.0 Å². The fourth-order valence-electron chi connectivity index (χ4n) is 1.41. The first-order valence-corrected chi connectivity index (χ1v) is 5.61. The molecule has 0 fully saturated rings. The SMILES string of the molecule is Cn1cncc1C#Cc1cc(NCC(F)F)ccn1. The van der Waals surface area contributed by atoms with Crippen molar-refractivity contribution in [1.82, 2.24) is 14.5 Å². The van der Waals surface area contributed by atoms with Crippen LogP contribution in [0.15, 0.2) is 30.9 Å². The van der Waals surface area contributed by atoms with Crippen molar-refractivity contribution in [2.45, 2.75) is 6.43 Å². The highest BCUT2D eigenvalue weighted by atomic mass is 19.3. The molecule has 2 rings (SSSR count). The Morgan fingerprint density at radius 2 is 2.26 bits per heavy atom. The van der Waals surface area contributed by atoms with Crippen molar-refractivity contribution in [3.8, 4) is 11.8 Å². The van der Waals surface area contributed by atoms with Crippen LogP contribution in [0, 0.1) is 11.8 Å². The topological polar surface area (TPSA) is 42.7 Å². The molecule has 98 valence electrons. The van der Waals surface area contributed by atoms with Crippen molar-refractivity contribution in [2.24, 2.45) is 7.05 Å². The lowest BCUT2D eigenvalue weighted by Crippen LogP contribution is -2.10. The summed E-state index contributed by atoms with van der Waals surface area (Å²) in [6.45, 7) is -0.390. The van der Waals surface area contributed by atoms with E-state index >= 15 is 0 Å². The molecule has 2 heterocycles. The third kappa shape index (κ3) is 3.78. The lowest BCUT2D eigenvalue weighted by atomic mass is 10.3. The highest BCUT2D eigenvalue weighted by Crippen LogP contribution is 2.08. The van der Waals surface area contributed by atoms with Gasteiger partial charge in [0.05, 0.1) is 19.1 Å². The Morgan fingerprint density at radius 3 is 2.95 bits per heavy atom. The van der Waals surface area contributed by atoms with Crippen molar-refractivity contribution in [2.75, 3.05) is 11.9 Å². The average molecular weight is 262 g/mol. The molecule has 0 aliphatic heterocycles. The summed E-state index contributed by atoms with van der Waals surface area (Å²) in [6.07, 6.45) is 2.43. The van der Waals surface area contributed by atoms with E-state index in [0.717, 1.165) is 5.69 Å². The number of anilines is 1. The molecule has 6 heteroatoms. The second-order valence-electron chi connectivity index (χ2n) is 3.84. The van der Waals surface area contributed by atoms with Gasteiger partial charge in [-0.2, -0.15) is 0 Å². The fourth-order valence-corrected chi connectivity index (χ4v) is 1.41. The van der Waals surface area contributed by atoms with E-state index in [1.54, 1.807) is 29.2 Å². The molecule has 2 aromatic heterocycles. The number of hydrogen-bond acceptors (Lipinski definition) is 3. The average Bonchev–Trinajstić information content (AvgIpc) is 2.80. The van der Waals surface area contributed by atoms with Gasteiger partial charge in [0, 0.05) is 18.9 Å². The van der Waals surface area contributed by atoms with Crippen LogP contribution < -0.4 is 5.32 Å². The van der Waals surface area contributed by atoms with Crippen molar-refractivity contribution >= 4 is 5.69 Å². The second kappa shape index (κ2) is 5.96. The fraction of sp³-hybridized carbons (Fsp3) is 0.231. The van der Waals surface area contributed by atoms with Crippen molar-refractivity contribution in [3.63, 3.8) is 0 Å². The Bertz CT molecular complexity index is 610. The van der Waals surface area contributed by atoms with Gasteiger partial charge in [-0.25, -0.2) is 18.7 Å². The summed E-state index contributed by atoms with van der Waals surface area (Å²) in [5, 5.41) is 2.61.